The van der Waals surface area contributed by atoms with E-state index in [0.29, 0.717) is 25.4 Å². The number of rotatable bonds is 3. The number of ether oxygens (including phenoxy) is 1. The van der Waals surface area contributed by atoms with Crippen molar-refractivity contribution in [2.45, 2.75) is 19.8 Å². The van der Waals surface area contributed by atoms with Gasteiger partial charge < -0.3 is 14.6 Å². The van der Waals surface area contributed by atoms with E-state index in [1.807, 2.05) is 0 Å². The fourth-order valence-electron chi connectivity index (χ4n) is 2.25. The Morgan fingerprint density at radius 3 is 3.06 bits per heavy atom. The minimum absolute atomic E-state index is 0.0472. The molecular formula is C13H18N2O3. The van der Waals surface area contributed by atoms with Gasteiger partial charge in [-0.25, -0.2) is 0 Å². The fourth-order valence-corrected chi connectivity index (χ4v) is 2.25. The highest BCUT2D eigenvalue weighted by Gasteiger charge is 2.29. The van der Waals surface area contributed by atoms with Crippen LogP contribution in [0.5, 0.6) is 0 Å². The summed E-state index contributed by atoms with van der Waals surface area (Å²) in [5.41, 5.74) is 0.569. The van der Waals surface area contributed by atoms with Gasteiger partial charge in [-0.2, -0.15) is 0 Å². The van der Waals surface area contributed by atoms with Gasteiger partial charge in [-0.1, -0.05) is 0 Å². The summed E-state index contributed by atoms with van der Waals surface area (Å²) in [7, 11) is 0. The number of aromatic amines is 1. The number of nitrogens with zero attached hydrogens (tertiary/aromatic N) is 1. The third kappa shape index (κ3) is 2.72. The van der Waals surface area contributed by atoms with Crippen molar-refractivity contribution in [2.24, 2.45) is 5.92 Å². The summed E-state index contributed by atoms with van der Waals surface area (Å²) >= 11 is 0. The molecular weight excluding hydrogens is 232 g/mol. The highest BCUT2D eigenvalue weighted by molar-refractivity contribution is 5.92. The monoisotopic (exact) mass is 250 g/mol. The second-order valence-electron chi connectivity index (χ2n) is 4.43. The van der Waals surface area contributed by atoms with E-state index in [-0.39, 0.29) is 17.8 Å². The van der Waals surface area contributed by atoms with Gasteiger partial charge in [0.2, 0.25) is 0 Å². The molecule has 1 fully saturated rings. The Morgan fingerprint density at radius 1 is 1.56 bits per heavy atom. The van der Waals surface area contributed by atoms with Crippen LogP contribution in [0.15, 0.2) is 18.3 Å². The zero-order chi connectivity index (χ0) is 13.0. The average Bonchev–Trinajstić information content (AvgIpc) is 2.92. The third-order valence-corrected chi connectivity index (χ3v) is 3.16. The first-order valence-electron chi connectivity index (χ1n) is 6.31. The van der Waals surface area contributed by atoms with E-state index in [0.717, 1.165) is 12.8 Å². The van der Waals surface area contributed by atoms with E-state index >= 15 is 0 Å². The maximum Gasteiger partial charge on any atom is 0.310 e. The van der Waals surface area contributed by atoms with Crippen LogP contribution in [0.2, 0.25) is 0 Å². The maximum atomic E-state index is 12.1. The van der Waals surface area contributed by atoms with Crippen LogP contribution >= 0.6 is 0 Å². The molecule has 1 N–H and O–H groups in total. The topological polar surface area (TPSA) is 62.4 Å². The average molecular weight is 250 g/mol. The van der Waals surface area contributed by atoms with Crippen molar-refractivity contribution in [1.29, 1.82) is 0 Å². The maximum absolute atomic E-state index is 12.1. The van der Waals surface area contributed by atoms with E-state index in [1.165, 1.54) is 0 Å². The normalized spacial score (nSPS) is 19.6. The molecule has 5 heteroatoms. The van der Waals surface area contributed by atoms with Crippen LogP contribution in [0.25, 0.3) is 0 Å². The van der Waals surface area contributed by atoms with E-state index in [9.17, 15) is 9.59 Å². The van der Waals surface area contributed by atoms with Gasteiger partial charge in [0.25, 0.3) is 5.91 Å². The van der Waals surface area contributed by atoms with Crippen molar-refractivity contribution < 1.29 is 14.3 Å². The third-order valence-electron chi connectivity index (χ3n) is 3.16. The van der Waals surface area contributed by atoms with Crippen LogP contribution < -0.4 is 0 Å². The Labute approximate surface area is 106 Å². The number of aromatic nitrogens is 1. The first-order chi connectivity index (χ1) is 8.72. The molecule has 0 saturated carbocycles. The molecule has 1 aromatic rings. The Morgan fingerprint density at radius 2 is 2.39 bits per heavy atom. The number of H-pyrrole nitrogens is 1. The molecule has 1 atom stereocenters. The van der Waals surface area contributed by atoms with Crippen LogP contribution in [0.3, 0.4) is 0 Å². The molecule has 1 aromatic heterocycles. The largest absolute Gasteiger partial charge is 0.466 e. The van der Waals surface area contributed by atoms with Crippen LogP contribution in [0, 0.1) is 5.92 Å². The quantitative estimate of drug-likeness (QED) is 0.825. The number of likely N-dealkylation sites (tertiary alicyclic amines) is 1. The van der Waals surface area contributed by atoms with Crippen molar-refractivity contribution in [1.82, 2.24) is 9.88 Å². The number of carbonyl (C=O) groups excluding carboxylic acids is 2. The zero-order valence-corrected chi connectivity index (χ0v) is 10.5. The lowest BCUT2D eigenvalue weighted by atomic mass is 9.98. The molecule has 1 saturated heterocycles. The van der Waals surface area contributed by atoms with Gasteiger partial charge in [-0.15, -0.1) is 0 Å². The van der Waals surface area contributed by atoms with Gasteiger partial charge in [0, 0.05) is 19.3 Å². The highest BCUT2D eigenvalue weighted by atomic mass is 16.5. The summed E-state index contributed by atoms with van der Waals surface area (Å²) in [6, 6.07) is 3.54. The molecule has 0 spiro atoms. The molecule has 0 bridgehead atoms. The molecule has 5 nitrogen and oxygen atoms in total. The molecule has 0 radical (unpaired) electrons. The van der Waals surface area contributed by atoms with E-state index < -0.39 is 0 Å². The zero-order valence-electron chi connectivity index (χ0n) is 10.5. The van der Waals surface area contributed by atoms with Crippen molar-refractivity contribution in [3.05, 3.63) is 24.0 Å². The molecule has 1 aliphatic rings. The number of carbonyl (C=O) groups is 2. The van der Waals surface area contributed by atoms with Crippen molar-refractivity contribution in [3.8, 4) is 0 Å². The van der Waals surface area contributed by atoms with E-state index in [4.69, 9.17) is 4.74 Å². The molecule has 1 amide bonds. The van der Waals surface area contributed by atoms with Gasteiger partial charge in [0.15, 0.2) is 0 Å². The molecule has 2 rings (SSSR count). The minimum atomic E-state index is -0.193. The van der Waals surface area contributed by atoms with Gasteiger partial charge in [-0.05, 0) is 31.9 Å². The minimum Gasteiger partial charge on any atom is -0.466 e. The van der Waals surface area contributed by atoms with Crippen molar-refractivity contribution in [2.75, 3.05) is 19.7 Å². The van der Waals surface area contributed by atoms with Crippen LogP contribution in [-0.4, -0.2) is 41.5 Å². The number of nitrogens with one attached hydrogen (secondary N) is 1. The lowest BCUT2D eigenvalue weighted by Crippen LogP contribution is -2.42. The first-order valence-corrected chi connectivity index (χ1v) is 6.31. The van der Waals surface area contributed by atoms with Gasteiger partial charge in [0.1, 0.15) is 5.69 Å². The summed E-state index contributed by atoms with van der Waals surface area (Å²) in [5, 5.41) is 0. The number of amides is 1. The van der Waals surface area contributed by atoms with Crippen LogP contribution in [0.1, 0.15) is 30.3 Å². The van der Waals surface area contributed by atoms with Gasteiger partial charge in [0.05, 0.1) is 12.5 Å². The molecule has 2 heterocycles. The smallest absolute Gasteiger partial charge is 0.310 e. The van der Waals surface area contributed by atoms with E-state index in [2.05, 4.69) is 4.98 Å². The Balaban J connectivity index is 1.98. The second-order valence-corrected chi connectivity index (χ2v) is 4.43. The second kappa shape index (κ2) is 5.71. The molecule has 0 unspecified atom stereocenters. The van der Waals surface area contributed by atoms with Gasteiger partial charge in [-0.3, -0.25) is 9.59 Å². The van der Waals surface area contributed by atoms with Crippen molar-refractivity contribution in [3.63, 3.8) is 0 Å². The number of hydrogen-bond acceptors (Lipinski definition) is 3. The standard InChI is InChI=1S/C13H18N2O3/c1-2-18-13(17)10-5-4-8-15(9-10)12(16)11-6-3-7-14-11/h3,6-7,10,14H,2,4-5,8-9H2,1H3/t10-/m0/s1. The SMILES string of the molecule is CCOC(=O)[C@H]1CCCN(C(=O)c2ccc[nH]2)C1. The van der Waals surface area contributed by atoms with E-state index in [1.54, 1.807) is 30.2 Å². The Hall–Kier alpha value is -1.78. The molecule has 0 aliphatic carbocycles. The lowest BCUT2D eigenvalue weighted by molar-refractivity contribution is -0.149. The summed E-state index contributed by atoms with van der Waals surface area (Å²) in [6.07, 6.45) is 3.36. The van der Waals surface area contributed by atoms with Crippen LogP contribution in [-0.2, 0) is 9.53 Å². The van der Waals surface area contributed by atoms with Crippen molar-refractivity contribution >= 4 is 11.9 Å². The number of hydrogen-bond donors (Lipinski definition) is 1. The molecule has 18 heavy (non-hydrogen) atoms. The summed E-state index contributed by atoms with van der Waals surface area (Å²) in [6.45, 7) is 3.34. The predicted molar refractivity (Wildman–Crippen MR) is 66.1 cm³/mol. The molecule has 0 aromatic carbocycles. The Bertz CT molecular complexity index is 414. The Kier molecular flexibility index (Phi) is 4.02. The highest BCUT2D eigenvalue weighted by Crippen LogP contribution is 2.19. The number of piperidine rings is 1. The summed E-state index contributed by atoms with van der Waals surface area (Å²) < 4.78 is 5.02. The number of esters is 1. The molecule has 1 aliphatic heterocycles. The fraction of sp³-hybridized carbons (Fsp3) is 0.538. The molecule has 98 valence electrons. The summed E-state index contributed by atoms with van der Waals surface area (Å²) in [4.78, 5) is 28.4. The summed E-state index contributed by atoms with van der Waals surface area (Å²) in [5.74, 6) is -0.423. The first kappa shape index (κ1) is 12.7. The van der Waals surface area contributed by atoms with Crippen LogP contribution in [0.4, 0.5) is 0 Å². The lowest BCUT2D eigenvalue weighted by Gasteiger charge is -2.31. The van der Waals surface area contributed by atoms with Gasteiger partial charge >= 0.3 is 5.97 Å². The predicted octanol–water partition coefficient (Wildman–Crippen LogP) is 1.43.